The van der Waals surface area contributed by atoms with Crippen LogP contribution >= 0.6 is 0 Å². The molecule has 1 rings (SSSR count). The van der Waals surface area contributed by atoms with Crippen LogP contribution in [0.25, 0.3) is 0 Å². The van der Waals surface area contributed by atoms with Crippen molar-refractivity contribution >= 4 is 21.6 Å². The predicted molar refractivity (Wildman–Crippen MR) is 68.7 cm³/mol. The van der Waals surface area contributed by atoms with Crippen LogP contribution < -0.4 is 4.72 Å². The van der Waals surface area contributed by atoms with Gasteiger partial charge in [-0.1, -0.05) is 11.6 Å². The summed E-state index contributed by atoms with van der Waals surface area (Å²) in [7, 11) is -0.628. The number of hydrogen-bond donors (Lipinski definition) is 1. The largest absolute Gasteiger partial charge is 0.283 e. The topological polar surface area (TPSA) is 75.7 Å². The minimum Gasteiger partial charge on any atom is -0.283 e. The monoisotopic (exact) mass is 272 g/mol. The number of hydroxylamine groups is 2. The average Bonchev–Trinajstić information content (AvgIpc) is 2.27. The first-order chi connectivity index (χ1) is 8.24. The summed E-state index contributed by atoms with van der Waals surface area (Å²) in [5.74, 6) is -0.424. The molecular weight excluding hydrogens is 256 g/mol. The molecule has 0 bridgehead atoms. The van der Waals surface area contributed by atoms with Crippen molar-refractivity contribution in [1.29, 1.82) is 0 Å². The number of nitrogens with one attached hydrogen (secondary N) is 1. The smallest absolute Gasteiger partial charge is 0.279 e. The van der Waals surface area contributed by atoms with E-state index in [-0.39, 0.29) is 11.3 Å². The summed E-state index contributed by atoms with van der Waals surface area (Å²) in [4.78, 5) is 16.8. The van der Waals surface area contributed by atoms with Gasteiger partial charge in [0.2, 0.25) is 10.0 Å². The maximum atomic E-state index is 12.0. The second kappa shape index (κ2) is 5.36. The minimum atomic E-state index is -3.44. The Morgan fingerprint density at radius 1 is 1.39 bits per heavy atom. The van der Waals surface area contributed by atoms with E-state index in [0.29, 0.717) is 0 Å². The third-order valence-electron chi connectivity index (χ3n) is 2.26. The van der Waals surface area contributed by atoms with Gasteiger partial charge in [0.25, 0.3) is 5.91 Å². The van der Waals surface area contributed by atoms with Gasteiger partial charge in [0.05, 0.1) is 24.6 Å². The van der Waals surface area contributed by atoms with E-state index in [4.69, 9.17) is 4.84 Å². The van der Waals surface area contributed by atoms with Crippen LogP contribution in [0.15, 0.2) is 18.2 Å². The van der Waals surface area contributed by atoms with Crippen LogP contribution in [0.4, 0.5) is 5.69 Å². The molecule has 0 radical (unpaired) electrons. The summed E-state index contributed by atoms with van der Waals surface area (Å²) in [5.41, 5.74) is 1.32. The lowest BCUT2D eigenvalue weighted by atomic mass is 10.1. The second-order valence-electron chi connectivity index (χ2n) is 3.91. The first kappa shape index (κ1) is 14.5. The molecule has 0 saturated carbocycles. The number of nitrogens with zero attached hydrogens (tertiary/aromatic N) is 1. The molecule has 0 unspecified atom stereocenters. The highest BCUT2D eigenvalue weighted by Crippen LogP contribution is 2.20. The van der Waals surface area contributed by atoms with E-state index in [0.717, 1.165) is 16.9 Å². The van der Waals surface area contributed by atoms with Gasteiger partial charge in [0.1, 0.15) is 0 Å². The normalized spacial score (nSPS) is 11.1. The molecule has 1 aromatic rings. The molecule has 0 atom stereocenters. The van der Waals surface area contributed by atoms with Crippen molar-refractivity contribution in [2.75, 3.05) is 25.1 Å². The van der Waals surface area contributed by atoms with Crippen LogP contribution in [0.5, 0.6) is 0 Å². The lowest BCUT2D eigenvalue weighted by molar-refractivity contribution is -0.0756. The lowest BCUT2D eigenvalue weighted by Crippen LogP contribution is -2.27. The summed E-state index contributed by atoms with van der Waals surface area (Å²) in [5, 5.41) is 1.03. The number of anilines is 1. The number of carbonyl (C=O) groups excluding carboxylic acids is 1. The van der Waals surface area contributed by atoms with Crippen molar-refractivity contribution in [1.82, 2.24) is 5.06 Å². The minimum absolute atomic E-state index is 0.233. The molecule has 0 aromatic heterocycles. The van der Waals surface area contributed by atoms with Gasteiger partial charge in [-0.2, -0.15) is 0 Å². The van der Waals surface area contributed by atoms with Crippen LogP contribution in [-0.4, -0.2) is 39.8 Å². The molecule has 0 saturated heterocycles. The first-order valence-corrected chi connectivity index (χ1v) is 7.04. The Morgan fingerprint density at radius 3 is 2.50 bits per heavy atom. The summed E-state index contributed by atoms with van der Waals surface area (Å²) >= 11 is 0. The number of amides is 1. The Labute approximate surface area is 107 Å². The maximum Gasteiger partial charge on any atom is 0.279 e. The first-order valence-electron chi connectivity index (χ1n) is 5.15. The molecular formula is C11H16N2O4S. The fraction of sp³-hybridized carbons (Fsp3) is 0.364. The van der Waals surface area contributed by atoms with E-state index in [1.165, 1.54) is 14.2 Å². The summed E-state index contributed by atoms with van der Waals surface area (Å²) in [6.07, 6.45) is 1.03. The summed E-state index contributed by atoms with van der Waals surface area (Å²) in [6.45, 7) is 1.81. The van der Waals surface area contributed by atoms with Gasteiger partial charge in [0, 0.05) is 7.05 Å². The number of benzene rings is 1. The van der Waals surface area contributed by atoms with Crippen LogP contribution in [0.3, 0.4) is 0 Å². The van der Waals surface area contributed by atoms with Crippen molar-refractivity contribution in [3.05, 3.63) is 29.3 Å². The van der Waals surface area contributed by atoms with Crippen LogP contribution in [0.1, 0.15) is 15.9 Å². The Balaban J connectivity index is 3.24. The van der Waals surface area contributed by atoms with E-state index in [1.807, 2.05) is 6.92 Å². The van der Waals surface area contributed by atoms with Gasteiger partial charge in [-0.25, -0.2) is 13.5 Å². The average molecular weight is 272 g/mol. The zero-order valence-electron chi connectivity index (χ0n) is 10.7. The number of rotatable bonds is 4. The van der Waals surface area contributed by atoms with E-state index < -0.39 is 15.9 Å². The lowest BCUT2D eigenvalue weighted by Gasteiger charge is -2.17. The van der Waals surface area contributed by atoms with Gasteiger partial charge in [-0.3, -0.25) is 14.4 Å². The van der Waals surface area contributed by atoms with Crippen molar-refractivity contribution in [2.24, 2.45) is 0 Å². The Hall–Kier alpha value is -1.60. The van der Waals surface area contributed by atoms with Gasteiger partial charge in [0.15, 0.2) is 0 Å². The molecule has 0 fully saturated rings. The molecule has 0 spiro atoms. The van der Waals surface area contributed by atoms with Crippen LogP contribution in [0.2, 0.25) is 0 Å². The fourth-order valence-electron chi connectivity index (χ4n) is 1.38. The Kier molecular flexibility index (Phi) is 4.31. The highest BCUT2D eigenvalue weighted by atomic mass is 32.2. The SMILES string of the molecule is CON(C)C(=O)c1cc(C)ccc1NS(C)(=O)=O. The van der Waals surface area contributed by atoms with Gasteiger partial charge >= 0.3 is 0 Å². The molecule has 18 heavy (non-hydrogen) atoms. The summed E-state index contributed by atoms with van der Waals surface area (Å²) in [6, 6.07) is 4.87. The summed E-state index contributed by atoms with van der Waals surface area (Å²) < 4.78 is 24.8. The molecule has 1 amide bonds. The van der Waals surface area contributed by atoms with Crippen LogP contribution in [0, 0.1) is 6.92 Å². The molecule has 0 aliphatic rings. The van der Waals surface area contributed by atoms with Crippen LogP contribution in [-0.2, 0) is 14.9 Å². The highest BCUT2D eigenvalue weighted by molar-refractivity contribution is 7.92. The molecule has 7 heteroatoms. The standard InChI is InChI=1S/C11H16N2O4S/c1-8-5-6-10(12-18(4,15)16)9(7-8)11(14)13(2)17-3/h5-7,12H,1-4H3. The van der Waals surface area contributed by atoms with Crippen molar-refractivity contribution in [3.63, 3.8) is 0 Å². The van der Waals surface area contributed by atoms with E-state index in [2.05, 4.69) is 4.72 Å². The van der Waals surface area contributed by atoms with E-state index in [9.17, 15) is 13.2 Å². The highest BCUT2D eigenvalue weighted by Gasteiger charge is 2.17. The van der Waals surface area contributed by atoms with Gasteiger partial charge in [-0.15, -0.1) is 0 Å². The number of aryl methyl sites for hydroxylation is 1. The zero-order chi connectivity index (χ0) is 13.9. The number of hydrogen-bond acceptors (Lipinski definition) is 4. The zero-order valence-corrected chi connectivity index (χ0v) is 11.5. The fourth-order valence-corrected chi connectivity index (χ4v) is 1.95. The quantitative estimate of drug-likeness (QED) is 0.830. The number of sulfonamides is 1. The van der Waals surface area contributed by atoms with E-state index >= 15 is 0 Å². The molecule has 0 heterocycles. The molecule has 6 nitrogen and oxygen atoms in total. The molecule has 100 valence electrons. The molecule has 1 N–H and O–H groups in total. The third-order valence-corrected chi connectivity index (χ3v) is 2.85. The predicted octanol–water partition coefficient (Wildman–Crippen LogP) is 1.000. The molecule has 0 aliphatic heterocycles. The molecule has 0 aliphatic carbocycles. The van der Waals surface area contributed by atoms with Crippen molar-refractivity contribution in [3.8, 4) is 0 Å². The maximum absolute atomic E-state index is 12.0. The number of carbonyl (C=O) groups is 1. The third kappa shape index (κ3) is 3.71. The second-order valence-corrected chi connectivity index (χ2v) is 5.66. The van der Waals surface area contributed by atoms with E-state index in [1.54, 1.807) is 18.2 Å². The molecule has 1 aromatic carbocycles. The van der Waals surface area contributed by atoms with Crippen molar-refractivity contribution in [2.45, 2.75) is 6.92 Å². The van der Waals surface area contributed by atoms with Crippen molar-refractivity contribution < 1.29 is 18.0 Å². The Morgan fingerprint density at radius 2 is 2.00 bits per heavy atom. The van der Waals surface area contributed by atoms with Gasteiger partial charge in [-0.05, 0) is 19.1 Å². The Bertz CT molecular complexity index is 554. The van der Waals surface area contributed by atoms with Gasteiger partial charge < -0.3 is 0 Å².